The lowest BCUT2D eigenvalue weighted by Gasteiger charge is -2.15. The first-order valence-corrected chi connectivity index (χ1v) is 9.25. The van der Waals surface area contributed by atoms with Crippen molar-refractivity contribution in [1.82, 2.24) is 19.7 Å². The zero-order valence-corrected chi connectivity index (χ0v) is 15.6. The molecule has 3 aromatic rings. The number of rotatable bonds is 6. The molecule has 3 rings (SSSR count). The highest BCUT2D eigenvalue weighted by molar-refractivity contribution is 7.13. The Bertz CT molecular complexity index is 853. The van der Waals surface area contributed by atoms with E-state index >= 15 is 0 Å². The van der Waals surface area contributed by atoms with Crippen molar-refractivity contribution in [2.75, 3.05) is 7.05 Å². The maximum atomic E-state index is 12.7. The third-order valence-electron chi connectivity index (χ3n) is 4.09. The molecule has 0 aliphatic heterocycles. The van der Waals surface area contributed by atoms with Crippen LogP contribution >= 0.6 is 11.3 Å². The summed E-state index contributed by atoms with van der Waals surface area (Å²) >= 11 is 1.60. The monoisotopic (exact) mass is 354 g/mol. The second-order valence-electron chi connectivity index (χ2n) is 6.04. The maximum Gasteiger partial charge on any atom is 0.257 e. The SMILES string of the molecule is CCCn1ncc(C(=O)N(C)Cc2csc(-c3ccccc3)n2)c1C. The second-order valence-corrected chi connectivity index (χ2v) is 6.90. The Morgan fingerprint density at radius 3 is 2.76 bits per heavy atom. The van der Waals surface area contributed by atoms with Gasteiger partial charge in [0, 0.05) is 30.2 Å². The molecular formula is C19H22N4OS. The van der Waals surface area contributed by atoms with E-state index in [0.29, 0.717) is 12.1 Å². The van der Waals surface area contributed by atoms with Gasteiger partial charge in [-0.1, -0.05) is 37.3 Å². The zero-order valence-electron chi connectivity index (χ0n) is 14.8. The van der Waals surface area contributed by atoms with Gasteiger partial charge in [-0.05, 0) is 13.3 Å². The van der Waals surface area contributed by atoms with Gasteiger partial charge in [-0.25, -0.2) is 4.98 Å². The van der Waals surface area contributed by atoms with Gasteiger partial charge in [0.05, 0.1) is 24.0 Å². The fourth-order valence-electron chi connectivity index (χ4n) is 2.71. The molecule has 0 fully saturated rings. The van der Waals surface area contributed by atoms with E-state index in [1.165, 1.54) is 0 Å². The van der Waals surface area contributed by atoms with Crippen molar-refractivity contribution in [1.29, 1.82) is 0 Å². The Balaban J connectivity index is 1.71. The number of amides is 1. The molecule has 0 bridgehead atoms. The number of hydrogen-bond acceptors (Lipinski definition) is 4. The molecule has 0 N–H and O–H groups in total. The first kappa shape index (κ1) is 17.4. The number of aromatic nitrogens is 3. The molecule has 0 atom stereocenters. The minimum absolute atomic E-state index is 0.0193. The minimum atomic E-state index is -0.0193. The molecule has 5 nitrogen and oxygen atoms in total. The standard InChI is InChI=1S/C19H22N4OS/c1-4-10-23-14(2)17(11-20-23)19(24)22(3)12-16-13-25-18(21-16)15-8-6-5-7-9-15/h5-9,11,13H,4,10,12H2,1-3H3. The molecule has 130 valence electrons. The van der Waals surface area contributed by atoms with Gasteiger partial charge in [0.15, 0.2) is 0 Å². The molecule has 1 amide bonds. The number of thiazole rings is 1. The molecule has 2 aromatic heterocycles. The van der Waals surface area contributed by atoms with Gasteiger partial charge in [-0.3, -0.25) is 9.48 Å². The Hall–Kier alpha value is -2.47. The Morgan fingerprint density at radius 2 is 2.04 bits per heavy atom. The van der Waals surface area contributed by atoms with Crippen molar-refractivity contribution < 1.29 is 4.79 Å². The summed E-state index contributed by atoms with van der Waals surface area (Å²) in [6.07, 6.45) is 2.66. The molecule has 0 spiro atoms. The van der Waals surface area contributed by atoms with Gasteiger partial charge in [0.1, 0.15) is 5.01 Å². The van der Waals surface area contributed by atoms with Crippen LogP contribution in [0.4, 0.5) is 0 Å². The summed E-state index contributed by atoms with van der Waals surface area (Å²) in [5.74, 6) is -0.0193. The molecule has 6 heteroatoms. The molecule has 0 aliphatic carbocycles. The molecular weight excluding hydrogens is 332 g/mol. The highest BCUT2D eigenvalue weighted by atomic mass is 32.1. The van der Waals surface area contributed by atoms with Crippen LogP contribution in [0.3, 0.4) is 0 Å². The lowest BCUT2D eigenvalue weighted by molar-refractivity contribution is 0.0782. The van der Waals surface area contributed by atoms with Gasteiger partial charge in [-0.2, -0.15) is 5.10 Å². The minimum Gasteiger partial charge on any atom is -0.336 e. The quantitative estimate of drug-likeness (QED) is 0.672. The van der Waals surface area contributed by atoms with Gasteiger partial charge in [-0.15, -0.1) is 11.3 Å². The van der Waals surface area contributed by atoms with Crippen molar-refractivity contribution in [3.05, 3.63) is 58.9 Å². The van der Waals surface area contributed by atoms with Crippen molar-refractivity contribution in [2.24, 2.45) is 0 Å². The van der Waals surface area contributed by atoms with E-state index < -0.39 is 0 Å². The van der Waals surface area contributed by atoms with Gasteiger partial charge < -0.3 is 4.90 Å². The number of nitrogens with zero attached hydrogens (tertiary/aromatic N) is 4. The number of hydrogen-bond donors (Lipinski definition) is 0. The van der Waals surface area contributed by atoms with E-state index in [1.807, 2.05) is 47.3 Å². The van der Waals surface area contributed by atoms with Crippen molar-refractivity contribution >= 4 is 17.2 Å². The van der Waals surface area contributed by atoms with Gasteiger partial charge >= 0.3 is 0 Å². The van der Waals surface area contributed by atoms with Crippen molar-refractivity contribution in [2.45, 2.75) is 33.4 Å². The molecule has 0 unspecified atom stereocenters. The third-order valence-corrected chi connectivity index (χ3v) is 5.03. The van der Waals surface area contributed by atoms with E-state index in [0.717, 1.165) is 34.9 Å². The van der Waals surface area contributed by atoms with E-state index in [9.17, 15) is 4.79 Å². The van der Waals surface area contributed by atoms with Crippen LogP contribution < -0.4 is 0 Å². The summed E-state index contributed by atoms with van der Waals surface area (Å²) in [6.45, 7) is 5.36. The Kier molecular flexibility index (Phi) is 5.28. The van der Waals surface area contributed by atoms with E-state index in [1.54, 1.807) is 29.5 Å². The molecule has 2 heterocycles. The summed E-state index contributed by atoms with van der Waals surface area (Å²) in [4.78, 5) is 19.1. The summed E-state index contributed by atoms with van der Waals surface area (Å²) in [7, 11) is 1.81. The van der Waals surface area contributed by atoms with Gasteiger partial charge in [0.25, 0.3) is 5.91 Å². The summed E-state index contributed by atoms with van der Waals surface area (Å²) in [5, 5.41) is 7.30. The van der Waals surface area contributed by atoms with Crippen LogP contribution in [0.5, 0.6) is 0 Å². The fourth-order valence-corrected chi connectivity index (χ4v) is 3.52. The van der Waals surface area contributed by atoms with Crippen LogP contribution in [0, 0.1) is 6.92 Å². The molecule has 1 aromatic carbocycles. The number of carbonyl (C=O) groups is 1. The number of carbonyl (C=O) groups excluding carboxylic acids is 1. The van der Waals surface area contributed by atoms with Crippen LogP contribution in [0.15, 0.2) is 41.9 Å². The van der Waals surface area contributed by atoms with Crippen LogP contribution in [0.25, 0.3) is 10.6 Å². The fraction of sp³-hybridized carbons (Fsp3) is 0.316. The first-order chi connectivity index (χ1) is 12.1. The van der Waals surface area contributed by atoms with Crippen LogP contribution in [0.1, 0.15) is 35.1 Å². The summed E-state index contributed by atoms with van der Waals surface area (Å²) < 4.78 is 1.89. The van der Waals surface area contributed by atoms with E-state index in [-0.39, 0.29) is 5.91 Å². The average Bonchev–Trinajstić information content (AvgIpc) is 3.23. The van der Waals surface area contributed by atoms with Crippen LogP contribution in [-0.4, -0.2) is 32.6 Å². The topological polar surface area (TPSA) is 51.0 Å². The summed E-state index contributed by atoms with van der Waals surface area (Å²) in [6, 6.07) is 10.1. The lowest BCUT2D eigenvalue weighted by atomic mass is 10.2. The normalized spacial score (nSPS) is 10.8. The van der Waals surface area contributed by atoms with Crippen molar-refractivity contribution in [3.63, 3.8) is 0 Å². The molecule has 0 radical (unpaired) electrons. The van der Waals surface area contributed by atoms with Crippen LogP contribution in [0.2, 0.25) is 0 Å². The van der Waals surface area contributed by atoms with Gasteiger partial charge in [0.2, 0.25) is 0 Å². The Labute approximate surface area is 151 Å². The Morgan fingerprint density at radius 1 is 1.28 bits per heavy atom. The average molecular weight is 354 g/mol. The molecule has 0 saturated carbocycles. The predicted octanol–water partition coefficient (Wildman–Crippen LogP) is 4.00. The van der Waals surface area contributed by atoms with E-state index in [4.69, 9.17) is 0 Å². The largest absolute Gasteiger partial charge is 0.336 e. The molecule has 0 saturated heterocycles. The van der Waals surface area contributed by atoms with Crippen LogP contribution in [-0.2, 0) is 13.1 Å². The smallest absolute Gasteiger partial charge is 0.257 e. The highest BCUT2D eigenvalue weighted by Crippen LogP contribution is 2.24. The lowest BCUT2D eigenvalue weighted by Crippen LogP contribution is -2.26. The van der Waals surface area contributed by atoms with E-state index in [2.05, 4.69) is 17.0 Å². The first-order valence-electron chi connectivity index (χ1n) is 8.37. The predicted molar refractivity (Wildman–Crippen MR) is 101 cm³/mol. The highest BCUT2D eigenvalue weighted by Gasteiger charge is 2.19. The maximum absolute atomic E-state index is 12.7. The molecule has 25 heavy (non-hydrogen) atoms. The second kappa shape index (κ2) is 7.61. The summed E-state index contributed by atoms with van der Waals surface area (Å²) in [5.41, 5.74) is 3.58. The number of aryl methyl sites for hydroxylation is 1. The zero-order chi connectivity index (χ0) is 17.8. The number of benzene rings is 1. The third kappa shape index (κ3) is 3.79. The molecule has 0 aliphatic rings. The van der Waals surface area contributed by atoms with Crippen molar-refractivity contribution in [3.8, 4) is 10.6 Å².